The fraction of sp³-hybridized carbons (Fsp3) is 0.467. The molecule has 106 valence electrons. The van der Waals surface area contributed by atoms with Crippen molar-refractivity contribution in [1.82, 2.24) is 4.90 Å². The normalized spacial score (nSPS) is 14.8. The summed E-state index contributed by atoms with van der Waals surface area (Å²) in [5.74, 6) is 0.532. The molecule has 1 aromatic rings. The van der Waals surface area contributed by atoms with Crippen LogP contribution in [0.2, 0.25) is 0 Å². The molecule has 0 radical (unpaired) electrons. The van der Waals surface area contributed by atoms with E-state index in [-0.39, 0.29) is 18.5 Å². The molecule has 0 spiro atoms. The molecule has 1 aromatic carbocycles. The first-order chi connectivity index (χ1) is 9.67. The number of amides is 1. The summed E-state index contributed by atoms with van der Waals surface area (Å²) in [7, 11) is 1.57. The summed E-state index contributed by atoms with van der Waals surface area (Å²) >= 11 is 3.40. The summed E-state index contributed by atoms with van der Waals surface area (Å²) in [5.41, 5.74) is 0.548. The van der Waals surface area contributed by atoms with Crippen LogP contribution in [0.15, 0.2) is 22.7 Å². The lowest BCUT2D eigenvalue weighted by Crippen LogP contribution is -2.39. The van der Waals surface area contributed by atoms with Crippen LogP contribution >= 0.6 is 15.9 Å². The van der Waals surface area contributed by atoms with E-state index >= 15 is 0 Å². The third kappa shape index (κ3) is 3.13. The maximum absolute atomic E-state index is 12.7. The predicted molar refractivity (Wildman–Crippen MR) is 79.6 cm³/mol. The van der Waals surface area contributed by atoms with Crippen molar-refractivity contribution in [1.29, 1.82) is 5.26 Å². The highest BCUT2D eigenvalue weighted by Crippen LogP contribution is 2.28. The quantitative estimate of drug-likeness (QED) is 0.792. The molecule has 0 aliphatic heterocycles. The Bertz CT molecular complexity index is 533. The molecule has 1 amide bonds. The Hall–Kier alpha value is -1.54. The van der Waals surface area contributed by atoms with Gasteiger partial charge in [-0.15, -0.1) is 0 Å². The van der Waals surface area contributed by atoms with Gasteiger partial charge in [0.15, 0.2) is 0 Å². The Morgan fingerprint density at radius 1 is 1.50 bits per heavy atom. The summed E-state index contributed by atoms with van der Waals surface area (Å²) in [6.45, 7) is 0.132. The molecule has 20 heavy (non-hydrogen) atoms. The number of carbonyl (C=O) groups is 1. The minimum Gasteiger partial charge on any atom is -0.497 e. The van der Waals surface area contributed by atoms with E-state index in [2.05, 4.69) is 22.0 Å². The van der Waals surface area contributed by atoms with E-state index in [1.807, 2.05) is 0 Å². The van der Waals surface area contributed by atoms with Crippen molar-refractivity contribution in [2.24, 2.45) is 0 Å². The van der Waals surface area contributed by atoms with E-state index in [1.54, 1.807) is 30.2 Å². The fourth-order valence-corrected chi connectivity index (χ4v) is 3.03. The van der Waals surface area contributed by atoms with Gasteiger partial charge >= 0.3 is 0 Å². The van der Waals surface area contributed by atoms with Crippen molar-refractivity contribution in [2.75, 3.05) is 13.7 Å². The number of rotatable bonds is 4. The topological polar surface area (TPSA) is 53.3 Å². The largest absolute Gasteiger partial charge is 0.497 e. The summed E-state index contributed by atoms with van der Waals surface area (Å²) in [5, 5.41) is 8.98. The van der Waals surface area contributed by atoms with Gasteiger partial charge in [-0.3, -0.25) is 4.79 Å². The molecule has 1 aliphatic carbocycles. The van der Waals surface area contributed by atoms with Gasteiger partial charge in [0, 0.05) is 10.5 Å². The molecule has 5 heteroatoms. The zero-order valence-electron chi connectivity index (χ0n) is 11.4. The molecule has 0 aromatic heterocycles. The molecule has 4 nitrogen and oxygen atoms in total. The van der Waals surface area contributed by atoms with Gasteiger partial charge in [-0.2, -0.15) is 5.26 Å². The lowest BCUT2D eigenvalue weighted by molar-refractivity contribution is 0.0708. The smallest absolute Gasteiger partial charge is 0.256 e. The van der Waals surface area contributed by atoms with Gasteiger partial charge in [-0.25, -0.2) is 0 Å². The first-order valence-electron chi connectivity index (χ1n) is 6.69. The van der Waals surface area contributed by atoms with Gasteiger partial charge in [0.25, 0.3) is 5.91 Å². The van der Waals surface area contributed by atoms with Crippen LogP contribution in [0.5, 0.6) is 5.75 Å². The van der Waals surface area contributed by atoms with E-state index in [9.17, 15) is 4.79 Å². The van der Waals surface area contributed by atoms with Crippen LogP contribution in [0.1, 0.15) is 36.0 Å². The Labute approximate surface area is 127 Å². The molecule has 0 saturated heterocycles. The first kappa shape index (κ1) is 14.9. The number of nitriles is 1. The standard InChI is InChI=1S/C15H17BrN2O2/c1-20-12-6-7-14(16)13(10-12)15(19)18(9-8-17)11-4-2-3-5-11/h6-7,10-11H,2-5,9H2,1H3. The molecule has 2 rings (SSSR count). The van der Waals surface area contributed by atoms with E-state index in [1.165, 1.54) is 0 Å². The van der Waals surface area contributed by atoms with Crippen LogP contribution in [0.4, 0.5) is 0 Å². The minimum atomic E-state index is -0.107. The second kappa shape index (κ2) is 6.76. The average Bonchev–Trinajstić information content (AvgIpc) is 2.98. The lowest BCUT2D eigenvalue weighted by Gasteiger charge is -2.27. The second-order valence-corrected chi connectivity index (χ2v) is 5.73. The molecule has 1 fully saturated rings. The van der Waals surface area contributed by atoms with Crippen molar-refractivity contribution in [2.45, 2.75) is 31.7 Å². The number of ether oxygens (including phenoxy) is 1. The zero-order valence-corrected chi connectivity index (χ0v) is 13.0. The Morgan fingerprint density at radius 3 is 2.80 bits per heavy atom. The zero-order chi connectivity index (χ0) is 14.5. The number of carbonyl (C=O) groups excluding carboxylic acids is 1. The second-order valence-electron chi connectivity index (χ2n) is 4.88. The van der Waals surface area contributed by atoms with Crippen LogP contribution in [0.25, 0.3) is 0 Å². The van der Waals surface area contributed by atoms with E-state index in [0.29, 0.717) is 11.3 Å². The van der Waals surface area contributed by atoms with E-state index < -0.39 is 0 Å². The van der Waals surface area contributed by atoms with Crippen LogP contribution in [0.3, 0.4) is 0 Å². The molecule has 0 heterocycles. The number of benzene rings is 1. The monoisotopic (exact) mass is 336 g/mol. The lowest BCUT2D eigenvalue weighted by atomic mass is 10.1. The Balaban J connectivity index is 2.29. The SMILES string of the molecule is COc1ccc(Br)c(C(=O)N(CC#N)C2CCCC2)c1. The highest BCUT2D eigenvalue weighted by Gasteiger charge is 2.28. The molecule has 0 unspecified atom stereocenters. The first-order valence-corrected chi connectivity index (χ1v) is 7.48. The van der Waals surface area contributed by atoms with Crippen molar-refractivity contribution in [3.8, 4) is 11.8 Å². The van der Waals surface area contributed by atoms with Crippen molar-refractivity contribution < 1.29 is 9.53 Å². The van der Waals surface area contributed by atoms with Crippen molar-refractivity contribution in [3.05, 3.63) is 28.2 Å². The molecule has 1 saturated carbocycles. The van der Waals surface area contributed by atoms with E-state index in [4.69, 9.17) is 10.00 Å². The van der Waals surface area contributed by atoms with Gasteiger partial charge in [0.1, 0.15) is 12.3 Å². The van der Waals surface area contributed by atoms with Gasteiger partial charge in [0.2, 0.25) is 0 Å². The maximum atomic E-state index is 12.7. The van der Waals surface area contributed by atoms with Crippen LogP contribution in [-0.2, 0) is 0 Å². The van der Waals surface area contributed by atoms with Crippen molar-refractivity contribution >= 4 is 21.8 Å². The third-order valence-corrected chi connectivity index (χ3v) is 4.36. The average molecular weight is 337 g/mol. The number of methoxy groups -OCH3 is 1. The number of nitrogens with zero attached hydrogens (tertiary/aromatic N) is 2. The van der Waals surface area contributed by atoms with Crippen LogP contribution in [0, 0.1) is 11.3 Å². The Morgan fingerprint density at radius 2 is 2.20 bits per heavy atom. The van der Waals surface area contributed by atoms with Crippen LogP contribution in [-0.4, -0.2) is 30.5 Å². The highest BCUT2D eigenvalue weighted by atomic mass is 79.9. The summed E-state index contributed by atoms with van der Waals surface area (Å²) < 4.78 is 5.89. The summed E-state index contributed by atoms with van der Waals surface area (Å²) in [6, 6.07) is 7.59. The van der Waals surface area contributed by atoms with Gasteiger partial charge in [-0.1, -0.05) is 12.8 Å². The van der Waals surface area contributed by atoms with E-state index in [0.717, 1.165) is 30.2 Å². The maximum Gasteiger partial charge on any atom is 0.256 e. The van der Waals surface area contributed by atoms with Gasteiger partial charge in [-0.05, 0) is 47.0 Å². The number of hydrogen-bond donors (Lipinski definition) is 0. The predicted octanol–water partition coefficient (Wildman–Crippen LogP) is 3.37. The third-order valence-electron chi connectivity index (χ3n) is 3.67. The van der Waals surface area contributed by atoms with Gasteiger partial charge < -0.3 is 9.64 Å². The number of halogens is 1. The summed E-state index contributed by atoms with van der Waals surface area (Å²) in [6.07, 6.45) is 4.21. The minimum absolute atomic E-state index is 0.107. The molecular formula is C15H17BrN2O2. The summed E-state index contributed by atoms with van der Waals surface area (Å²) in [4.78, 5) is 14.4. The number of hydrogen-bond acceptors (Lipinski definition) is 3. The molecule has 0 atom stereocenters. The molecule has 0 N–H and O–H groups in total. The molecular weight excluding hydrogens is 320 g/mol. The fourth-order valence-electron chi connectivity index (χ4n) is 2.61. The van der Waals surface area contributed by atoms with Gasteiger partial charge in [0.05, 0.1) is 18.7 Å². The molecule has 1 aliphatic rings. The highest BCUT2D eigenvalue weighted by molar-refractivity contribution is 9.10. The molecule has 0 bridgehead atoms. The van der Waals surface area contributed by atoms with Crippen molar-refractivity contribution in [3.63, 3.8) is 0 Å². The Kier molecular flexibility index (Phi) is 5.02. The van der Waals surface area contributed by atoms with Crippen LogP contribution < -0.4 is 4.74 Å².